The van der Waals surface area contributed by atoms with E-state index in [0.29, 0.717) is 70.8 Å². The van der Waals surface area contributed by atoms with Crippen LogP contribution < -0.4 is 48.7 Å². The van der Waals surface area contributed by atoms with Crippen LogP contribution in [-0.2, 0) is 76.7 Å². The van der Waals surface area contributed by atoms with Gasteiger partial charge in [-0.1, -0.05) is 40.0 Å². The summed E-state index contributed by atoms with van der Waals surface area (Å²) in [7, 11) is 0. The normalized spacial score (nSPS) is 17.4. The number of primary amides is 2. The molecule has 3 aliphatic heterocycles. The summed E-state index contributed by atoms with van der Waals surface area (Å²) in [5, 5.41) is 16.8. The topological polar surface area (TPSA) is 419 Å². The molecule has 0 aromatic rings. The van der Waals surface area contributed by atoms with Crippen molar-refractivity contribution in [1.82, 2.24) is 51.9 Å². The molecule has 30 heteroatoms. The Morgan fingerprint density at radius 1 is 0.500 bits per heavy atom. The van der Waals surface area contributed by atoms with Gasteiger partial charge in [0.05, 0.1) is 10.5 Å². The zero-order chi connectivity index (χ0) is 63.9. The standard InChI is InChI=1S/C56H86N12O16S2/c1-5-27-67-48(76)30-41(55(67)83)86-33-40(62-34(4)69)54(82)64-38(18-10-8-9-16-36(70)22-28-66-46(74)19-20-47(66)75)53(81)65-39(51(58)79)32-85-42-31-49(77)68(56(42)84)29-23-45(73)60-25-14-12-17-37(50(57)78)63-52(80)35(21-26-61-44(72)7-3)15-11-13-24-59-43(71)6-2/h19-20,35,37-42H,5-18,21-33H2,1-4H3,(H2,57,78)(H2,58,79)(H,59,71)(H,60,73)(H,61,72)(H,62,69)(H,63,80)(H,64,82)(H,65,81). The SMILES string of the molecule is CCCN1C(=O)CC(SCC(NC(C)=O)C(=O)NC(CCCCCC(=O)CCN2C(=O)C=CC2=O)C(=O)NC(CSC2CC(=O)N(CCC(=O)NCCCCC(NC(=O)C(CCCCNC(=O)CC)CCNC(=O)CC)C(N)=O)C2=O)C(N)=O)C1=O. The summed E-state index contributed by atoms with van der Waals surface area (Å²) in [5.74, 6) is -9.44. The minimum Gasteiger partial charge on any atom is -0.368 e. The number of carbonyl (C=O) groups is 16. The van der Waals surface area contributed by atoms with E-state index >= 15 is 0 Å². The Bertz CT molecular complexity index is 2500. The molecule has 2 saturated heterocycles. The number of nitrogens with one attached hydrogen (secondary N) is 7. The number of nitrogens with zero attached hydrogens (tertiary/aromatic N) is 3. The average Bonchev–Trinajstić information content (AvgIpc) is 3.53. The number of hydrogen-bond donors (Lipinski definition) is 9. The van der Waals surface area contributed by atoms with Crippen LogP contribution in [0.3, 0.4) is 0 Å². The Kier molecular flexibility index (Phi) is 32.9. The first kappa shape index (κ1) is 73.0. The number of unbranched alkanes of at least 4 members (excludes halogenated alkanes) is 4. The third-order valence-corrected chi connectivity index (χ3v) is 16.9. The Hall–Kier alpha value is -7.24. The quantitative estimate of drug-likeness (QED) is 0.0255. The van der Waals surface area contributed by atoms with Gasteiger partial charge in [-0.15, -0.1) is 23.5 Å². The summed E-state index contributed by atoms with van der Waals surface area (Å²) in [6, 6.07) is -5.08. The highest BCUT2D eigenvalue weighted by molar-refractivity contribution is 8.01. The molecule has 0 saturated carbocycles. The van der Waals surface area contributed by atoms with E-state index in [4.69, 9.17) is 11.5 Å². The molecular weight excluding hydrogens is 1160 g/mol. The smallest absolute Gasteiger partial charge is 0.253 e. The first-order valence-electron chi connectivity index (χ1n) is 29.4. The van der Waals surface area contributed by atoms with Crippen LogP contribution in [0.25, 0.3) is 0 Å². The number of likely N-dealkylation sites (tertiary alicyclic amines) is 2. The molecule has 0 radical (unpaired) electrons. The Morgan fingerprint density at radius 3 is 1.53 bits per heavy atom. The maximum atomic E-state index is 14.0. The molecule has 3 aliphatic rings. The molecule has 0 aromatic carbocycles. The second kappa shape index (κ2) is 38.7. The van der Waals surface area contributed by atoms with Crippen LogP contribution in [0, 0.1) is 5.92 Å². The van der Waals surface area contributed by atoms with Crippen LogP contribution in [-0.4, -0.2) is 195 Å². The molecular formula is C56H86N12O16S2. The van der Waals surface area contributed by atoms with Gasteiger partial charge in [0.1, 0.15) is 30.0 Å². The first-order chi connectivity index (χ1) is 40.9. The van der Waals surface area contributed by atoms with E-state index in [2.05, 4.69) is 37.2 Å². The maximum absolute atomic E-state index is 14.0. The minimum atomic E-state index is -1.43. The van der Waals surface area contributed by atoms with Crippen molar-refractivity contribution in [1.29, 1.82) is 0 Å². The summed E-state index contributed by atoms with van der Waals surface area (Å²) < 4.78 is 0. The number of Topliss-reactive ketones (excluding diaryl/α,β-unsaturated/α-hetero) is 1. The number of imide groups is 3. The lowest BCUT2D eigenvalue weighted by Gasteiger charge is -2.25. The lowest BCUT2D eigenvalue weighted by molar-refractivity contribution is -0.140. The highest BCUT2D eigenvalue weighted by Crippen LogP contribution is 2.28. The van der Waals surface area contributed by atoms with Gasteiger partial charge < -0.3 is 48.7 Å². The van der Waals surface area contributed by atoms with Gasteiger partial charge in [-0.05, 0) is 57.8 Å². The Labute approximate surface area is 509 Å². The molecule has 28 nitrogen and oxygen atoms in total. The molecule has 86 heavy (non-hydrogen) atoms. The predicted octanol–water partition coefficient (Wildman–Crippen LogP) is -1.21. The molecule has 478 valence electrons. The fraction of sp³-hybridized carbons (Fsp3) is 0.679. The van der Waals surface area contributed by atoms with Gasteiger partial charge >= 0.3 is 0 Å². The van der Waals surface area contributed by atoms with E-state index < -0.39 is 111 Å². The van der Waals surface area contributed by atoms with Crippen molar-refractivity contribution in [2.75, 3.05) is 50.8 Å². The summed E-state index contributed by atoms with van der Waals surface area (Å²) in [6.45, 7) is 7.17. The third kappa shape index (κ3) is 25.8. The largest absolute Gasteiger partial charge is 0.368 e. The predicted molar refractivity (Wildman–Crippen MR) is 316 cm³/mol. The van der Waals surface area contributed by atoms with E-state index in [1.54, 1.807) is 13.8 Å². The van der Waals surface area contributed by atoms with E-state index in [1.807, 2.05) is 6.92 Å². The van der Waals surface area contributed by atoms with Gasteiger partial charge in [-0.3, -0.25) is 91.4 Å². The average molecular weight is 1250 g/mol. The number of ketones is 1. The lowest BCUT2D eigenvalue weighted by atomic mass is 9.96. The van der Waals surface area contributed by atoms with Crippen molar-refractivity contribution in [2.24, 2.45) is 17.4 Å². The third-order valence-electron chi connectivity index (χ3n) is 14.3. The van der Waals surface area contributed by atoms with E-state index in [-0.39, 0.29) is 126 Å². The van der Waals surface area contributed by atoms with Crippen molar-refractivity contribution in [2.45, 2.75) is 184 Å². The number of hydrogen-bond acceptors (Lipinski definition) is 18. The van der Waals surface area contributed by atoms with Crippen molar-refractivity contribution >= 4 is 118 Å². The molecule has 3 heterocycles. The molecule has 0 aromatic heterocycles. The van der Waals surface area contributed by atoms with Gasteiger partial charge in [0.15, 0.2) is 0 Å². The Morgan fingerprint density at radius 2 is 0.977 bits per heavy atom. The number of nitrogens with two attached hydrogens (primary N) is 2. The molecule has 0 bridgehead atoms. The van der Waals surface area contributed by atoms with Crippen molar-refractivity contribution in [3.05, 3.63) is 12.2 Å². The molecule has 15 amide bonds. The second-order valence-electron chi connectivity index (χ2n) is 21.1. The van der Waals surface area contributed by atoms with Crippen molar-refractivity contribution < 1.29 is 76.7 Å². The number of rotatable bonds is 44. The van der Waals surface area contributed by atoms with Gasteiger partial charge in [0, 0.05) is 121 Å². The number of amides is 15. The van der Waals surface area contributed by atoms with Crippen LogP contribution in [0.5, 0.6) is 0 Å². The highest BCUT2D eigenvalue weighted by Gasteiger charge is 2.41. The zero-order valence-corrected chi connectivity index (χ0v) is 51.3. The van der Waals surface area contributed by atoms with Crippen LogP contribution in [0.15, 0.2) is 12.2 Å². The highest BCUT2D eigenvalue weighted by atomic mass is 32.2. The minimum absolute atomic E-state index is 0.0442. The summed E-state index contributed by atoms with van der Waals surface area (Å²) in [5.41, 5.74) is 11.4. The first-order valence-corrected chi connectivity index (χ1v) is 31.5. The van der Waals surface area contributed by atoms with Crippen molar-refractivity contribution in [3.8, 4) is 0 Å². The summed E-state index contributed by atoms with van der Waals surface area (Å²) in [6.07, 6.45) is 6.65. The summed E-state index contributed by atoms with van der Waals surface area (Å²) >= 11 is 1.86. The fourth-order valence-corrected chi connectivity index (χ4v) is 11.7. The molecule has 2 fully saturated rings. The Balaban J connectivity index is 1.55. The van der Waals surface area contributed by atoms with Gasteiger partial charge in [-0.25, -0.2) is 0 Å². The van der Waals surface area contributed by atoms with Gasteiger partial charge in [0.25, 0.3) is 11.8 Å². The van der Waals surface area contributed by atoms with Crippen LogP contribution in [0.1, 0.15) is 150 Å². The number of thioether (sulfide) groups is 2. The van der Waals surface area contributed by atoms with Crippen LogP contribution >= 0.6 is 23.5 Å². The van der Waals surface area contributed by atoms with E-state index in [0.717, 1.165) is 50.4 Å². The van der Waals surface area contributed by atoms with Gasteiger partial charge in [0.2, 0.25) is 76.8 Å². The monoisotopic (exact) mass is 1250 g/mol. The zero-order valence-electron chi connectivity index (χ0n) is 49.6. The maximum Gasteiger partial charge on any atom is 0.253 e. The van der Waals surface area contributed by atoms with Crippen molar-refractivity contribution in [3.63, 3.8) is 0 Å². The van der Waals surface area contributed by atoms with Crippen LogP contribution in [0.4, 0.5) is 0 Å². The lowest BCUT2D eigenvalue weighted by Crippen LogP contribution is -2.57. The molecule has 7 atom stereocenters. The molecule has 3 rings (SSSR count). The van der Waals surface area contributed by atoms with Crippen LogP contribution in [0.2, 0.25) is 0 Å². The fourth-order valence-electron chi connectivity index (χ4n) is 9.35. The second-order valence-corrected chi connectivity index (χ2v) is 23.6. The summed E-state index contributed by atoms with van der Waals surface area (Å²) in [4.78, 5) is 206. The molecule has 7 unspecified atom stereocenters. The number of carbonyl (C=O) groups excluding carboxylic acids is 16. The van der Waals surface area contributed by atoms with Gasteiger partial charge in [-0.2, -0.15) is 0 Å². The molecule has 0 spiro atoms. The molecule has 11 N–H and O–H groups in total. The molecule has 0 aliphatic carbocycles. The van der Waals surface area contributed by atoms with E-state index in [1.165, 1.54) is 6.92 Å². The van der Waals surface area contributed by atoms with E-state index in [9.17, 15) is 76.7 Å².